The quantitative estimate of drug-likeness (QED) is 0.859. The monoisotopic (exact) mass is 366 g/mol. The van der Waals surface area contributed by atoms with Crippen molar-refractivity contribution in [2.45, 2.75) is 24.3 Å². The van der Waals surface area contributed by atoms with Gasteiger partial charge in [-0.3, -0.25) is 0 Å². The number of anilines is 1. The zero-order chi connectivity index (χ0) is 15.8. The number of rotatable bonds is 3. The number of sulfonamides is 1. The molecule has 6 nitrogen and oxygen atoms in total. The van der Waals surface area contributed by atoms with Crippen molar-refractivity contribution in [3.05, 3.63) is 23.2 Å². The molecule has 1 aromatic carbocycles. The smallest absolute Gasteiger partial charge is 0.266 e. The molecule has 0 radical (unpaired) electrons. The Labute approximate surface area is 142 Å². The van der Waals surface area contributed by atoms with Crippen LogP contribution in [0.1, 0.15) is 13.8 Å². The van der Waals surface area contributed by atoms with E-state index in [2.05, 4.69) is 15.0 Å². The second kappa shape index (κ2) is 6.62. The number of likely N-dealkylation sites (N-methyl/N-ethyl adjacent to an activating group) is 1. The summed E-state index contributed by atoms with van der Waals surface area (Å²) in [6, 6.07) is 4.68. The van der Waals surface area contributed by atoms with Gasteiger partial charge in [-0.1, -0.05) is 11.6 Å². The summed E-state index contributed by atoms with van der Waals surface area (Å²) in [5.41, 5.74) is 0.0377. The van der Waals surface area contributed by atoms with Gasteiger partial charge in [0.15, 0.2) is 0 Å². The number of hydrogen-bond acceptors (Lipinski definition) is 4. The van der Waals surface area contributed by atoms with Crippen LogP contribution in [0.15, 0.2) is 28.1 Å². The molecular formula is C13H20Cl2N4O2S. The van der Waals surface area contributed by atoms with Crippen molar-refractivity contribution in [1.29, 1.82) is 0 Å². The lowest BCUT2D eigenvalue weighted by atomic mass is 10.1. The Morgan fingerprint density at radius 2 is 1.95 bits per heavy atom. The molecule has 0 saturated carbocycles. The molecule has 0 unspecified atom stereocenters. The molecule has 1 heterocycles. The average molecular weight is 367 g/mol. The lowest BCUT2D eigenvalue weighted by Crippen LogP contribution is -2.44. The van der Waals surface area contributed by atoms with Crippen molar-refractivity contribution < 1.29 is 8.42 Å². The summed E-state index contributed by atoms with van der Waals surface area (Å²) in [6.45, 7) is 4.56. The number of hydrogen-bond donors (Lipinski definition) is 2. The number of nitrogens with zero attached hydrogens (tertiary/aromatic N) is 2. The lowest BCUT2D eigenvalue weighted by molar-refractivity contribution is 0.319. The van der Waals surface area contributed by atoms with E-state index in [9.17, 15) is 8.42 Å². The first-order chi connectivity index (χ1) is 9.59. The molecule has 0 aromatic heterocycles. The molecule has 0 spiro atoms. The van der Waals surface area contributed by atoms with Crippen molar-refractivity contribution in [3.63, 3.8) is 0 Å². The Bertz CT molecular complexity index is 687. The highest BCUT2D eigenvalue weighted by Crippen LogP contribution is 2.28. The molecule has 0 bridgehead atoms. The highest BCUT2D eigenvalue weighted by molar-refractivity contribution is 7.90. The first-order valence-corrected chi connectivity index (χ1v) is 8.29. The molecule has 0 saturated heterocycles. The number of aliphatic imine (C=N–C) groups is 1. The topological polar surface area (TPSA) is 73.8 Å². The molecular weight excluding hydrogens is 347 g/mol. The molecule has 0 amide bonds. The maximum absolute atomic E-state index is 12.2. The van der Waals surface area contributed by atoms with Crippen LogP contribution < -0.4 is 10.0 Å². The molecule has 0 atom stereocenters. The van der Waals surface area contributed by atoms with Crippen molar-refractivity contribution in [2.24, 2.45) is 4.99 Å². The van der Waals surface area contributed by atoms with Gasteiger partial charge < -0.3 is 10.2 Å². The van der Waals surface area contributed by atoms with Crippen LogP contribution in [0, 0.1) is 0 Å². The molecule has 0 aliphatic carbocycles. The zero-order valence-electron chi connectivity index (χ0n) is 12.8. The Hall–Kier alpha value is -1.02. The normalized spacial score (nSPS) is 18.2. The highest BCUT2D eigenvalue weighted by atomic mass is 35.5. The number of nitrogens with one attached hydrogen (secondary N) is 2. The summed E-state index contributed by atoms with van der Waals surface area (Å²) in [5.74, 6) is 0.219. The largest absolute Gasteiger partial charge is 0.324 e. The van der Waals surface area contributed by atoms with Crippen molar-refractivity contribution in [3.8, 4) is 0 Å². The minimum atomic E-state index is -3.66. The van der Waals surface area contributed by atoms with Gasteiger partial charge in [0.05, 0.1) is 11.2 Å². The van der Waals surface area contributed by atoms with E-state index >= 15 is 0 Å². The fourth-order valence-corrected chi connectivity index (χ4v) is 3.71. The predicted octanol–water partition coefficient (Wildman–Crippen LogP) is 2.16. The van der Waals surface area contributed by atoms with E-state index in [4.69, 9.17) is 11.6 Å². The van der Waals surface area contributed by atoms with E-state index in [-0.39, 0.29) is 23.3 Å². The number of halogens is 2. The van der Waals surface area contributed by atoms with Gasteiger partial charge >= 0.3 is 0 Å². The maximum Gasteiger partial charge on any atom is 0.266 e. The van der Waals surface area contributed by atoms with Gasteiger partial charge in [-0.15, -0.1) is 12.4 Å². The Morgan fingerprint density at radius 1 is 1.32 bits per heavy atom. The third-order valence-electron chi connectivity index (χ3n) is 2.83. The Kier molecular flexibility index (Phi) is 5.72. The maximum atomic E-state index is 12.2. The van der Waals surface area contributed by atoms with Gasteiger partial charge in [-0.2, -0.15) is 0 Å². The molecule has 1 aromatic rings. The fourth-order valence-electron chi connectivity index (χ4n) is 2.32. The summed E-state index contributed by atoms with van der Waals surface area (Å²) < 4.78 is 26.9. The SMILES string of the molecule is CN(C)CC(C)(C)N=C1Nc2ccc(Cl)cc2S(=O)(=O)N1.Cl. The Morgan fingerprint density at radius 3 is 2.55 bits per heavy atom. The number of guanidine groups is 1. The van der Waals surface area contributed by atoms with Crippen molar-refractivity contribution in [2.75, 3.05) is 26.0 Å². The zero-order valence-corrected chi connectivity index (χ0v) is 15.2. The summed E-state index contributed by atoms with van der Waals surface area (Å²) in [5, 5.41) is 3.36. The average Bonchev–Trinajstić information content (AvgIpc) is 2.27. The van der Waals surface area contributed by atoms with Crippen LogP contribution in [-0.4, -0.2) is 45.5 Å². The summed E-state index contributed by atoms with van der Waals surface area (Å²) in [6.07, 6.45) is 0. The lowest BCUT2D eigenvalue weighted by Gasteiger charge is -2.28. The van der Waals surface area contributed by atoms with E-state index in [1.54, 1.807) is 12.1 Å². The predicted molar refractivity (Wildman–Crippen MR) is 92.7 cm³/mol. The molecule has 2 rings (SSSR count). The van der Waals surface area contributed by atoms with Gasteiger partial charge in [0.25, 0.3) is 10.0 Å². The molecule has 1 aliphatic heterocycles. The minimum absolute atomic E-state index is 0. The first kappa shape index (κ1) is 19.0. The van der Waals surface area contributed by atoms with Crippen LogP contribution in [0.3, 0.4) is 0 Å². The third-order valence-corrected chi connectivity index (χ3v) is 4.45. The molecule has 1 aliphatic rings. The van der Waals surface area contributed by atoms with E-state index < -0.39 is 15.6 Å². The number of fused-ring (bicyclic) bond motifs is 1. The third kappa shape index (κ3) is 4.49. The molecule has 9 heteroatoms. The Balaban J connectivity index is 0.00000242. The van der Waals surface area contributed by atoms with Gasteiger partial charge in [0, 0.05) is 11.6 Å². The van der Waals surface area contributed by atoms with Crippen LogP contribution >= 0.6 is 24.0 Å². The van der Waals surface area contributed by atoms with Gasteiger partial charge in [-0.25, -0.2) is 18.1 Å². The molecule has 124 valence electrons. The first-order valence-electron chi connectivity index (χ1n) is 6.43. The van der Waals surface area contributed by atoms with E-state index in [1.807, 2.05) is 32.8 Å². The molecule has 22 heavy (non-hydrogen) atoms. The molecule has 2 N–H and O–H groups in total. The van der Waals surface area contributed by atoms with Gasteiger partial charge in [-0.05, 0) is 46.1 Å². The highest BCUT2D eigenvalue weighted by Gasteiger charge is 2.28. The molecule has 0 fully saturated rings. The van der Waals surface area contributed by atoms with Gasteiger partial charge in [0.2, 0.25) is 5.96 Å². The standard InChI is InChI=1S/C13H19ClN4O2S.ClH/c1-13(2,8-18(3)4)16-12-15-10-6-5-9(14)7-11(10)21(19,20)17-12;/h5-7H,8H2,1-4H3,(H2,15,16,17);1H. The van der Waals surface area contributed by atoms with E-state index in [0.29, 0.717) is 17.3 Å². The second-order valence-corrected chi connectivity index (χ2v) is 7.97. The summed E-state index contributed by atoms with van der Waals surface area (Å²) in [4.78, 5) is 6.59. The van der Waals surface area contributed by atoms with Crippen LogP contribution in [0.2, 0.25) is 5.02 Å². The fraction of sp³-hybridized carbons (Fsp3) is 0.462. The van der Waals surface area contributed by atoms with Crippen LogP contribution in [0.25, 0.3) is 0 Å². The van der Waals surface area contributed by atoms with Crippen LogP contribution in [0.4, 0.5) is 5.69 Å². The number of benzene rings is 1. The van der Waals surface area contributed by atoms with Crippen LogP contribution in [-0.2, 0) is 10.0 Å². The second-order valence-electron chi connectivity index (χ2n) is 5.88. The van der Waals surface area contributed by atoms with Crippen molar-refractivity contribution in [1.82, 2.24) is 9.62 Å². The van der Waals surface area contributed by atoms with Crippen LogP contribution in [0.5, 0.6) is 0 Å². The van der Waals surface area contributed by atoms with Gasteiger partial charge in [0.1, 0.15) is 4.90 Å². The van der Waals surface area contributed by atoms with E-state index in [1.165, 1.54) is 6.07 Å². The summed E-state index contributed by atoms with van der Waals surface area (Å²) >= 11 is 5.85. The minimum Gasteiger partial charge on any atom is -0.324 e. The van der Waals surface area contributed by atoms with Crippen molar-refractivity contribution >= 4 is 45.7 Å². The summed E-state index contributed by atoms with van der Waals surface area (Å²) in [7, 11) is 0.228. The van der Waals surface area contributed by atoms with E-state index in [0.717, 1.165) is 0 Å².